The first kappa shape index (κ1) is 35.3. The fourth-order valence-electron chi connectivity index (χ4n) is 5.24. The maximum atomic E-state index is 11.4. The van der Waals surface area contributed by atoms with E-state index >= 15 is 0 Å². The molecule has 0 rings (SSSR count). The maximum absolute atomic E-state index is 11.4. The van der Waals surface area contributed by atoms with Gasteiger partial charge >= 0.3 is 0 Å². The molecule has 0 aliphatic carbocycles. The van der Waals surface area contributed by atoms with Crippen molar-refractivity contribution in [2.45, 2.75) is 175 Å². The van der Waals surface area contributed by atoms with Gasteiger partial charge in [0.1, 0.15) is 0 Å². The van der Waals surface area contributed by atoms with Crippen LogP contribution >= 0.6 is 0 Å². The van der Waals surface area contributed by atoms with Crippen molar-refractivity contribution in [3.05, 3.63) is 11.6 Å². The molecule has 3 nitrogen and oxygen atoms in total. The molecule has 0 saturated carbocycles. The van der Waals surface area contributed by atoms with Crippen LogP contribution in [0.25, 0.3) is 0 Å². The van der Waals surface area contributed by atoms with Crippen LogP contribution in [0.15, 0.2) is 11.6 Å². The van der Waals surface area contributed by atoms with Gasteiger partial charge in [-0.15, -0.1) is 0 Å². The Labute approximate surface area is 214 Å². The third kappa shape index (κ3) is 19.5. The van der Waals surface area contributed by atoms with Crippen molar-refractivity contribution >= 4 is 5.97 Å². The number of hydrogen-bond acceptors (Lipinski definition) is 2. The Morgan fingerprint density at radius 3 is 1.50 bits per heavy atom. The van der Waals surface area contributed by atoms with Gasteiger partial charge in [0.15, 0.2) is 0 Å². The zero-order valence-corrected chi connectivity index (χ0v) is 24.2. The van der Waals surface area contributed by atoms with Crippen molar-refractivity contribution < 1.29 is 9.90 Å². The van der Waals surface area contributed by atoms with Crippen LogP contribution in [0.5, 0.6) is 0 Å². The molecule has 0 spiro atoms. The number of unbranched alkanes of at least 4 members (excludes halogenated alkanes) is 13. The van der Waals surface area contributed by atoms with Crippen LogP contribution in [0.3, 0.4) is 0 Å². The van der Waals surface area contributed by atoms with E-state index in [2.05, 4.69) is 27.7 Å². The summed E-state index contributed by atoms with van der Waals surface area (Å²) in [6, 6.07) is 0. The predicted octanol–water partition coefficient (Wildman–Crippen LogP) is 10.1. The lowest BCUT2D eigenvalue weighted by Crippen LogP contribution is -2.24. The lowest BCUT2D eigenvalue weighted by Gasteiger charge is -2.35. The minimum atomic E-state index is -0.953. The van der Waals surface area contributed by atoms with Crippen LogP contribution in [0, 0.1) is 5.41 Å². The van der Waals surface area contributed by atoms with E-state index in [0.29, 0.717) is 17.4 Å². The zero-order chi connectivity index (χ0) is 24.6. The first-order chi connectivity index (χ1) is 16.0. The molecule has 204 valence electrons. The summed E-state index contributed by atoms with van der Waals surface area (Å²) >= 11 is 0. The predicted molar refractivity (Wildman–Crippen MR) is 150 cm³/mol. The Morgan fingerprint density at radius 2 is 1.00 bits per heavy atom. The molecule has 0 amide bonds. The number of rotatable bonds is 25. The highest BCUT2D eigenvalue weighted by Gasteiger charge is 2.27. The van der Waals surface area contributed by atoms with Gasteiger partial charge in [0.05, 0.1) is 5.97 Å². The molecule has 0 aliphatic heterocycles. The van der Waals surface area contributed by atoms with Gasteiger partial charge in [-0.05, 0) is 62.4 Å². The van der Waals surface area contributed by atoms with Gasteiger partial charge in [-0.3, -0.25) is 0 Å². The summed E-state index contributed by atoms with van der Waals surface area (Å²) in [6.45, 7) is 9.22. The van der Waals surface area contributed by atoms with Gasteiger partial charge in [-0.25, -0.2) is 0 Å². The summed E-state index contributed by atoms with van der Waals surface area (Å²) in [7, 11) is 0. The van der Waals surface area contributed by atoms with Crippen LogP contribution < -0.4 is 11.3 Å². The SMILES string of the molecule is CCCCCCCCC(=CCCCCCCCC(CCCC)(CCCC)CCCC)C(=O)[O-].[NH4+]. The summed E-state index contributed by atoms with van der Waals surface area (Å²) in [5.41, 5.74) is 1.14. The van der Waals surface area contributed by atoms with Gasteiger partial charge in [0, 0.05) is 0 Å². The van der Waals surface area contributed by atoms with E-state index in [9.17, 15) is 9.90 Å². The minimum absolute atomic E-state index is 0. The van der Waals surface area contributed by atoms with E-state index in [0.717, 1.165) is 25.7 Å². The van der Waals surface area contributed by atoms with Crippen LogP contribution in [0.1, 0.15) is 175 Å². The van der Waals surface area contributed by atoms with Gasteiger partial charge in [0.2, 0.25) is 0 Å². The van der Waals surface area contributed by atoms with Crippen molar-refractivity contribution in [1.82, 2.24) is 6.15 Å². The standard InChI is InChI=1S/C31H60O2.H3N/c1-5-9-13-14-17-20-23-29(30(32)33)24-21-18-15-16-19-22-28-31(25-10-6-2,26-11-7-3)27-12-8-4;/h24H,5-23,25-28H2,1-4H3,(H,32,33);1H3. The molecule has 0 atom stereocenters. The van der Waals surface area contributed by atoms with Gasteiger partial charge in [-0.1, -0.05) is 130 Å². The van der Waals surface area contributed by atoms with E-state index < -0.39 is 5.97 Å². The number of quaternary nitrogens is 1. The second-order valence-corrected chi connectivity index (χ2v) is 10.7. The van der Waals surface area contributed by atoms with Crippen LogP contribution in [-0.2, 0) is 4.79 Å². The molecular weight excluding hydrogens is 418 g/mol. The molecule has 0 unspecified atom stereocenters. The lowest BCUT2D eigenvalue weighted by molar-refractivity contribution is -0.299. The van der Waals surface area contributed by atoms with Crippen LogP contribution in [0.4, 0.5) is 0 Å². The molecule has 0 bridgehead atoms. The lowest BCUT2D eigenvalue weighted by atomic mass is 9.71. The van der Waals surface area contributed by atoms with Crippen molar-refractivity contribution in [3.63, 3.8) is 0 Å². The summed E-state index contributed by atoms with van der Waals surface area (Å²) in [4.78, 5) is 11.4. The van der Waals surface area contributed by atoms with Crippen LogP contribution in [0.2, 0.25) is 0 Å². The van der Waals surface area contributed by atoms with E-state index in [1.165, 1.54) is 116 Å². The number of carboxylic acid groups (broad SMARTS) is 1. The molecule has 0 aromatic heterocycles. The van der Waals surface area contributed by atoms with Crippen molar-refractivity contribution in [1.29, 1.82) is 0 Å². The number of allylic oxidation sites excluding steroid dienone is 1. The van der Waals surface area contributed by atoms with Gasteiger partial charge in [0.25, 0.3) is 0 Å². The van der Waals surface area contributed by atoms with Crippen molar-refractivity contribution in [2.24, 2.45) is 5.41 Å². The molecular formula is C31H63NO2. The van der Waals surface area contributed by atoms with E-state index in [4.69, 9.17) is 0 Å². The third-order valence-corrected chi connectivity index (χ3v) is 7.55. The Kier molecular flexibility index (Phi) is 26.3. The number of hydrogen-bond donors (Lipinski definition) is 1. The minimum Gasteiger partial charge on any atom is -0.545 e. The largest absolute Gasteiger partial charge is 0.545 e. The average molecular weight is 482 g/mol. The first-order valence-electron chi connectivity index (χ1n) is 15.0. The zero-order valence-electron chi connectivity index (χ0n) is 24.2. The Bertz CT molecular complexity index is 450. The topological polar surface area (TPSA) is 76.6 Å². The average Bonchev–Trinajstić information content (AvgIpc) is 2.81. The van der Waals surface area contributed by atoms with Crippen LogP contribution in [-0.4, -0.2) is 5.97 Å². The molecule has 0 aromatic carbocycles. The van der Waals surface area contributed by atoms with Gasteiger partial charge in [-0.2, -0.15) is 0 Å². The highest BCUT2D eigenvalue weighted by atomic mass is 16.4. The quantitative estimate of drug-likeness (QED) is 0.104. The molecule has 0 saturated heterocycles. The summed E-state index contributed by atoms with van der Waals surface area (Å²) < 4.78 is 0. The van der Waals surface area contributed by atoms with E-state index in [1.807, 2.05) is 6.08 Å². The highest BCUT2D eigenvalue weighted by Crippen LogP contribution is 2.41. The Morgan fingerprint density at radius 1 is 0.588 bits per heavy atom. The number of carbonyl (C=O) groups excluding carboxylic acids is 1. The highest BCUT2D eigenvalue weighted by molar-refractivity contribution is 5.84. The number of carbonyl (C=O) groups is 1. The monoisotopic (exact) mass is 481 g/mol. The molecule has 0 aromatic rings. The molecule has 0 fully saturated rings. The first-order valence-corrected chi connectivity index (χ1v) is 15.0. The molecule has 0 radical (unpaired) electrons. The molecule has 0 aliphatic rings. The summed E-state index contributed by atoms with van der Waals surface area (Å²) in [6.07, 6.45) is 30.9. The molecule has 3 heteroatoms. The smallest absolute Gasteiger partial charge is 0.0671 e. The summed E-state index contributed by atoms with van der Waals surface area (Å²) in [5.74, 6) is -0.953. The number of carboxylic acids is 1. The van der Waals surface area contributed by atoms with E-state index in [1.54, 1.807) is 0 Å². The Hall–Kier alpha value is -0.830. The number of aliphatic carboxylic acids is 1. The second-order valence-electron chi connectivity index (χ2n) is 10.7. The Balaban J connectivity index is 0. The summed E-state index contributed by atoms with van der Waals surface area (Å²) in [5, 5.41) is 11.4. The normalized spacial score (nSPS) is 12.1. The van der Waals surface area contributed by atoms with Crippen molar-refractivity contribution in [3.8, 4) is 0 Å². The van der Waals surface area contributed by atoms with E-state index in [-0.39, 0.29) is 6.15 Å². The fraction of sp³-hybridized carbons (Fsp3) is 0.903. The molecule has 34 heavy (non-hydrogen) atoms. The van der Waals surface area contributed by atoms with Gasteiger partial charge < -0.3 is 16.1 Å². The second kappa shape index (κ2) is 25.3. The maximum Gasteiger partial charge on any atom is 0.0671 e. The third-order valence-electron chi connectivity index (χ3n) is 7.55. The molecule has 0 heterocycles. The fourth-order valence-corrected chi connectivity index (χ4v) is 5.24. The molecule has 4 N–H and O–H groups in total. The van der Waals surface area contributed by atoms with Crippen molar-refractivity contribution in [2.75, 3.05) is 0 Å².